The van der Waals surface area contributed by atoms with Crippen molar-refractivity contribution in [2.75, 3.05) is 0 Å². The lowest BCUT2D eigenvalue weighted by Gasteiger charge is -2.26. The van der Waals surface area contributed by atoms with E-state index in [1.807, 2.05) is 6.07 Å². The minimum atomic E-state index is -0.102. The molecule has 0 radical (unpaired) electrons. The van der Waals surface area contributed by atoms with Crippen molar-refractivity contribution in [2.24, 2.45) is 5.92 Å². The van der Waals surface area contributed by atoms with Gasteiger partial charge < -0.3 is 5.32 Å². The van der Waals surface area contributed by atoms with E-state index in [0.29, 0.717) is 5.92 Å². The van der Waals surface area contributed by atoms with Crippen LogP contribution in [0.3, 0.4) is 0 Å². The molecule has 2 rings (SSSR count). The summed E-state index contributed by atoms with van der Waals surface area (Å²) in [5, 5.41) is 3.15. The van der Waals surface area contributed by atoms with Gasteiger partial charge in [0.05, 0.1) is 0 Å². The third kappa shape index (κ3) is 3.88. The van der Waals surface area contributed by atoms with Gasteiger partial charge in [0, 0.05) is 11.5 Å². The van der Waals surface area contributed by atoms with Crippen molar-refractivity contribution in [1.29, 1.82) is 0 Å². The molecular formula is C15H21NO. The van der Waals surface area contributed by atoms with Crippen LogP contribution in [0.4, 0.5) is 0 Å². The van der Waals surface area contributed by atoms with Gasteiger partial charge in [0.15, 0.2) is 0 Å². The number of hydrogen-bond acceptors (Lipinski definition) is 1. The third-order valence-electron chi connectivity index (χ3n) is 3.29. The van der Waals surface area contributed by atoms with E-state index in [-0.39, 0.29) is 11.4 Å². The highest BCUT2D eigenvalue weighted by Gasteiger charge is 2.32. The van der Waals surface area contributed by atoms with Crippen molar-refractivity contribution in [2.45, 2.75) is 45.1 Å². The zero-order valence-electron chi connectivity index (χ0n) is 10.7. The van der Waals surface area contributed by atoms with E-state index in [1.54, 1.807) is 0 Å². The molecule has 0 saturated heterocycles. The molecule has 1 aromatic carbocycles. The van der Waals surface area contributed by atoms with Gasteiger partial charge in [-0.05, 0) is 45.1 Å². The Balaban J connectivity index is 1.82. The number of rotatable bonds is 5. The predicted octanol–water partition coefficient (Wildman–Crippen LogP) is 2.92. The van der Waals surface area contributed by atoms with E-state index in [0.717, 1.165) is 25.7 Å². The van der Waals surface area contributed by atoms with Gasteiger partial charge in [0.25, 0.3) is 0 Å². The topological polar surface area (TPSA) is 29.1 Å². The molecule has 1 aliphatic carbocycles. The summed E-state index contributed by atoms with van der Waals surface area (Å²) in [7, 11) is 0. The van der Waals surface area contributed by atoms with Crippen LogP contribution in [0.25, 0.3) is 0 Å². The lowest BCUT2D eigenvalue weighted by atomic mass is 9.95. The summed E-state index contributed by atoms with van der Waals surface area (Å²) < 4.78 is 0. The largest absolute Gasteiger partial charge is 0.351 e. The monoisotopic (exact) mass is 231 g/mol. The van der Waals surface area contributed by atoms with Gasteiger partial charge in [-0.3, -0.25) is 4.79 Å². The summed E-state index contributed by atoms with van der Waals surface area (Å²) >= 11 is 0. The number of benzene rings is 1. The van der Waals surface area contributed by atoms with Crippen LogP contribution in [-0.4, -0.2) is 11.4 Å². The van der Waals surface area contributed by atoms with Crippen molar-refractivity contribution in [1.82, 2.24) is 5.32 Å². The lowest BCUT2D eigenvalue weighted by molar-refractivity contribution is -0.123. The van der Waals surface area contributed by atoms with Crippen LogP contribution < -0.4 is 5.32 Å². The average Bonchev–Trinajstić information content (AvgIpc) is 3.11. The van der Waals surface area contributed by atoms with Crippen LogP contribution in [-0.2, 0) is 11.2 Å². The maximum absolute atomic E-state index is 11.7. The highest BCUT2D eigenvalue weighted by Crippen LogP contribution is 2.29. The van der Waals surface area contributed by atoms with Gasteiger partial charge in [-0.25, -0.2) is 0 Å². The van der Waals surface area contributed by atoms with Crippen LogP contribution in [0.2, 0.25) is 0 Å². The third-order valence-corrected chi connectivity index (χ3v) is 3.29. The number of carbonyl (C=O) groups excluding carboxylic acids is 1. The van der Waals surface area contributed by atoms with Gasteiger partial charge in [-0.15, -0.1) is 0 Å². The van der Waals surface area contributed by atoms with E-state index in [4.69, 9.17) is 0 Å². The molecule has 92 valence electrons. The molecule has 1 amide bonds. The minimum Gasteiger partial charge on any atom is -0.351 e. The summed E-state index contributed by atoms with van der Waals surface area (Å²) in [6.45, 7) is 4.21. The Labute approximate surface area is 103 Å². The maximum Gasteiger partial charge on any atom is 0.223 e. The fourth-order valence-electron chi connectivity index (χ4n) is 1.95. The van der Waals surface area contributed by atoms with E-state index in [9.17, 15) is 4.79 Å². The molecule has 0 aromatic heterocycles. The molecule has 2 nitrogen and oxygen atoms in total. The number of nitrogens with one attached hydrogen (secondary N) is 1. The molecule has 0 unspecified atom stereocenters. The Hall–Kier alpha value is -1.31. The molecule has 0 bridgehead atoms. The van der Waals surface area contributed by atoms with E-state index >= 15 is 0 Å². The zero-order chi connectivity index (χ0) is 12.3. The molecule has 1 aromatic rings. The molecule has 2 heteroatoms. The molecule has 1 saturated carbocycles. The second-order valence-corrected chi connectivity index (χ2v) is 5.63. The number of aryl methyl sites for hydroxylation is 1. The van der Waals surface area contributed by atoms with Gasteiger partial charge in [-0.1, -0.05) is 30.3 Å². The summed E-state index contributed by atoms with van der Waals surface area (Å²) in [6.07, 6.45) is 4.13. The van der Waals surface area contributed by atoms with Crippen LogP contribution in [0.1, 0.15) is 38.7 Å². The Kier molecular flexibility index (Phi) is 3.51. The van der Waals surface area contributed by atoms with E-state index < -0.39 is 0 Å². The quantitative estimate of drug-likeness (QED) is 0.829. The average molecular weight is 231 g/mol. The van der Waals surface area contributed by atoms with Gasteiger partial charge >= 0.3 is 0 Å². The summed E-state index contributed by atoms with van der Waals surface area (Å²) in [4.78, 5) is 11.7. The van der Waals surface area contributed by atoms with Crippen molar-refractivity contribution in [3.8, 4) is 0 Å². The minimum absolute atomic E-state index is 0.102. The standard InChI is InChI=1S/C15H21NO/c1-15(2,16-14(17)13-8-9-13)11-10-12-6-4-3-5-7-12/h3-7,13H,8-11H2,1-2H3,(H,16,17). The smallest absolute Gasteiger partial charge is 0.223 e. The number of amides is 1. The first-order valence-corrected chi connectivity index (χ1v) is 6.43. The van der Waals surface area contributed by atoms with Crippen molar-refractivity contribution in [3.05, 3.63) is 35.9 Å². The fourth-order valence-corrected chi connectivity index (χ4v) is 1.95. The lowest BCUT2D eigenvalue weighted by Crippen LogP contribution is -2.44. The molecule has 17 heavy (non-hydrogen) atoms. The normalized spacial score (nSPS) is 15.6. The second-order valence-electron chi connectivity index (χ2n) is 5.63. The van der Waals surface area contributed by atoms with Gasteiger partial charge in [0.1, 0.15) is 0 Å². The van der Waals surface area contributed by atoms with Crippen LogP contribution in [0.15, 0.2) is 30.3 Å². The Morgan fingerprint density at radius 2 is 1.94 bits per heavy atom. The van der Waals surface area contributed by atoms with Crippen molar-refractivity contribution in [3.63, 3.8) is 0 Å². The molecule has 1 fully saturated rings. The molecular weight excluding hydrogens is 210 g/mol. The second kappa shape index (κ2) is 4.91. The Morgan fingerprint density at radius 3 is 2.53 bits per heavy atom. The first kappa shape index (κ1) is 12.2. The van der Waals surface area contributed by atoms with E-state index in [1.165, 1.54) is 5.56 Å². The SMILES string of the molecule is CC(C)(CCc1ccccc1)NC(=O)C1CC1. The highest BCUT2D eigenvalue weighted by atomic mass is 16.2. The predicted molar refractivity (Wildman–Crippen MR) is 69.7 cm³/mol. The molecule has 1 N–H and O–H groups in total. The zero-order valence-corrected chi connectivity index (χ0v) is 10.7. The van der Waals surface area contributed by atoms with Gasteiger partial charge in [0.2, 0.25) is 5.91 Å². The molecule has 0 aliphatic heterocycles. The van der Waals surface area contributed by atoms with E-state index in [2.05, 4.69) is 43.4 Å². The fraction of sp³-hybridized carbons (Fsp3) is 0.533. The number of hydrogen-bond donors (Lipinski definition) is 1. The van der Waals surface area contributed by atoms with Crippen LogP contribution in [0, 0.1) is 5.92 Å². The molecule has 0 spiro atoms. The first-order chi connectivity index (χ1) is 8.07. The van der Waals surface area contributed by atoms with Gasteiger partial charge in [-0.2, -0.15) is 0 Å². The summed E-state index contributed by atoms with van der Waals surface area (Å²) in [6, 6.07) is 10.4. The summed E-state index contributed by atoms with van der Waals surface area (Å²) in [5.74, 6) is 0.536. The van der Waals surface area contributed by atoms with Crippen molar-refractivity contribution >= 4 is 5.91 Å². The highest BCUT2D eigenvalue weighted by molar-refractivity contribution is 5.81. The van der Waals surface area contributed by atoms with Crippen LogP contribution in [0.5, 0.6) is 0 Å². The molecule has 0 atom stereocenters. The first-order valence-electron chi connectivity index (χ1n) is 6.43. The Bertz CT molecular complexity index is 379. The Morgan fingerprint density at radius 1 is 1.29 bits per heavy atom. The molecule has 0 heterocycles. The maximum atomic E-state index is 11.7. The number of carbonyl (C=O) groups is 1. The van der Waals surface area contributed by atoms with Crippen molar-refractivity contribution < 1.29 is 4.79 Å². The molecule has 1 aliphatic rings. The summed E-state index contributed by atoms with van der Waals surface area (Å²) in [5.41, 5.74) is 1.23. The van der Waals surface area contributed by atoms with Crippen LogP contribution >= 0.6 is 0 Å².